The molecule has 5 heteroatoms. The summed E-state index contributed by atoms with van der Waals surface area (Å²) < 4.78 is 4.87. The highest BCUT2D eigenvalue weighted by atomic mass is 80.0. The molecule has 1 heterocycles. The van der Waals surface area contributed by atoms with Gasteiger partial charge in [-0.1, -0.05) is 59.9 Å². The van der Waals surface area contributed by atoms with Gasteiger partial charge < -0.3 is 4.42 Å². The second-order valence-corrected chi connectivity index (χ2v) is 9.73. The molecule has 1 aromatic heterocycles. The molecule has 0 saturated carbocycles. The lowest BCUT2D eigenvalue weighted by atomic mass is 10.2. The van der Waals surface area contributed by atoms with Gasteiger partial charge in [0.05, 0.1) is 5.39 Å². The predicted octanol–water partition coefficient (Wildman–Crippen LogP) is 4.09. The number of rotatable bonds is 0. The highest BCUT2D eigenvalue weighted by Gasteiger charge is 2.25. The predicted molar refractivity (Wildman–Crippen MR) is 70.9 cm³/mol. The first-order valence-electron chi connectivity index (χ1n) is 4.08. The summed E-state index contributed by atoms with van der Waals surface area (Å²) in [6.45, 7) is 0. The van der Waals surface area contributed by atoms with Crippen LogP contribution in [-0.2, 0) is 2.14 Å². The van der Waals surface area contributed by atoms with E-state index in [1.54, 1.807) is 12.1 Å². The van der Waals surface area contributed by atoms with Crippen molar-refractivity contribution in [3.63, 3.8) is 0 Å². The third-order valence-electron chi connectivity index (χ3n) is 1.91. The fraction of sp³-hybridized carbons (Fsp3) is 0.100. The lowest BCUT2D eigenvalue weighted by Gasteiger charge is -2.10. The minimum absolute atomic E-state index is 0.0606. The zero-order chi connectivity index (χ0) is 11.1. The molecule has 2 nitrogen and oxygen atoms in total. The van der Waals surface area contributed by atoms with Crippen LogP contribution >= 0.6 is 47.8 Å². The van der Waals surface area contributed by atoms with Crippen LogP contribution in [0.15, 0.2) is 39.5 Å². The minimum atomic E-state index is -0.698. The summed E-state index contributed by atoms with van der Waals surface area (Å²) >= 11 is 9.92. The van der Waals surface area contributed by atoms with E-state index in [0.29, 0.717) is 16.7 Å². The molecular formula is C10H5Br3O2. The van der Waals surface area contributed by atoms with Crippen LogP contribution in [0.25, 0.3) is 11.0 Å². The Labute approximate surface area is 111 Å². The Hall–Kier alpha value is -0.130. The van der Waals surface area contributed by atoms with Crippen LogP contribution in [0.2, 0.25) is 0 Å². The SMILES string of the molecule is O=c1cc(C(Br)(Br)Br)oc2ccccc12. The van der Waals surface area contributed by atoms with Crippen LogP contribution < -0.4 is 5.43 Å². The van der Waals surface area contributed by atoms with Gasteiger partial charge in [-0.25, -0.2) is 0 Å². The number of alkyl halides is 3. The fourth-order valence-corrected chi connectivity index (χ4v) is 1.83. The van der Waals surface area contributed by atoms with Gasteiger partial charge in [0.2, 0.25) is 0 Å². The van der Waals surface area contributed by atoms with E-state index < -0.39 is 2.14 Å². The van der Waals surface area contributed by atoms with Crippen LogP contribution in [0.3, 0.4) is 0 Å². The molecule has 0 saturated heterocycles. The van der Waals surface area contributed by atoms with Crippen molar-refractivity contribution in [3.05, 3.63) is 46.3 Å². The van der Waals surface area contributed by atoms with Gasteiger partial charge in [-0.2, -0.15) is 0 Å². The highest BCUT2D eigenvalue weighted by molar-refractivity contribution is 9.38. The van der Waals surface area contributed by atoms with Gasteiger partial charge in [-0.05, 0) is 12.1 Å². The molecule has 1 aromatic carbocycles. The Morgan fingerprint density at radius 2 is 1.80 bits per heavy atom. The monoisotopic (exact) mass is 394 g/mol. The van der Waals surface area contributed by atoms with Crippen molar-refractivity contribution in [1.29, 1.82) is 0 Å². The minimum Gasteiger partial charge on any atom is -0.457 e. The van der Waals surface area contributed by atoms with Gasteiger partial charge in [0, 0.05) is 6.07 Å². The average Bonchev–Trinajstić information content (AvgIpc) is 2.16. The largest absolute Gasteiger partial charge is 0.457 e. The molecule has 0 bridgehead atoms. The van der Waals surface area contributed by atoms with Crippen LogP contribution in [0.4, 0.5) is 0 Å². The van der Waals surface area contributed by atoms with E-state index in [4.69, 9.17) is 4.42 Å². The van der Waals surface area contributed by atoms with E-state index in [1.165, 1.54) is 6.07 Å². The van der Waals surface area contributed by atoms with Gasteiger partial charge in [0.1, 0.15) is 11.3 Å². The Kier molecular flexibility index (Phi) is 3.05. The van der Waals surface area contributed by atoms with E-state index in [-0.39, 0.29) is 5.43 Å². The summed E-state index contributed by atoms with van der Waals surface area (Å²) in [5.41, 5.74) is 0.511. The summed E-state index contributed by atoms with van der Waals surface area (Å²) in [6.07, 6.45) is 0. The summed E-state index contributed by atoms with van der Waals surface area (Å²) in [5.74, 6) is 0.478. The highest BCUT2D eigenvalue weighted by Crippen LogP contribution is 2.44. The van der Waals surface area contributed by atoms with Crippen LogP contribution in [0.1, 0.15) is 5.76 Å². The topological polar surface area (TPSA) is 30.2 Å². The van der Waals surface area contributed by atoms with Crippen molar-refractivity contribution in [2.45, 2.75) is 2.14 Å². The zero-order valence-electron chi connectivity index (χ0n) is 7.34. The van der Waals surface area contributed by atoms with Crippen LogP contribution in [0.5, 0.6) is 0 Å². The molecule has 0 N–H and O–H groups in total. The molecule has 0 aliphatic carbocycles. The molecule has 0 radical (unpaired) electrons. The molecule has 0 atom stereocenters. The Morgan fingerprint density at radius 1 is 1.13 bits per heavy atom. The maximum atomic E-state index is 11.7. The Balaban J connectivity index is 2.79. The van der Waals surface area contributed by atoms with Crippen molar-refractivity contribution in [2.75, 3.05) is 0 Å². The van der Waals surface area contributed by atoms with Crippen LogP contribution in [0, 0.1) is 0 Å². The van der Waals surface area contributed by atoms with Gasteiger partial charge in [-0.15, -0.1) is 0 Å². The lowest BCUT2D eigenvalue weighted by molar-refractivity contribution is 0.555. The Bertz CT molecular complexity index is 554. The second kappa shape index (κ2) is 4.03. The van der Waals surface area contributed by atoms with Crippen molar-refractivity contribution >= 4 is 58.8 Å². The number of halogens is 3. The van der Waals surface area contributed by atoms with Crippen molar-refractivity contribution in [1.82, 2.24) is 0 Å². The van der Waals surface area contributed by atoms with E-state index in [1.807, 2.05) is 12.1 Å². The smallest absolute Gasteiger partial charge is 0.193 e. The third kappa shape index (κ3) is 2.34. The normalized spacial score (nSPS) is 11.9. The van der Waals surface area contributed by atoms with E-state index in [0.717, 1.165) is 0 Å². The molecule has 0 unspecified atom stereocenters. The standard InChI is InChI=1S/C10H5Br3O2/c11-10(12,13)9-5-7(14)6-3-1-2-4-8(6)15-9/h1-5H. The molecule has 15 heavy (non-hydrogen) atoms. The molecule has 0 spiro atoms. The second-order valence-electron chi connectivity index (χ2n) is 2.97. The third-order valence-corrected chi connectivity index (χ3v) is 3.09. The van der Waals surface area contributed by atoms with E-state index in [2.05, 4.69) is 47.8 Å². The summed E-state index contributed by atoms with van der Waals surface area (Å²) in [7, 11) is 0. The van der Waals surface area contributed by atoms with Crippen LogP contribution in [-0.4, -0.2) is 0 Å². The number of hydrogen-bond donors (Lipinski definition) is 0. The molecule has 0 aliphatic rings. The van der Waals surface area contributed by atoms with Gasteiger partial charge in [-0.3, -0.25) is 4.79 Å². The molecule has 0 amide bonds. The van der Waals surface area contributed by atoms with Crippen molar-refractivity contribution in [2.24, 2.45) is 0 Å². The zero-order valence-corrected chi connectivity index (χ0v) is 12.1. The number of benzene rings is 1. The molecule has 0 fully saturated rings. The first-order valence-corrected chi connectivity index (χ1v) is 6.46. The van der Waals surface area contributed by atoms with Gasteiger partial charge in [0.25, 0.3) is 0 Å². The average molecular weight is 397 g/mol. The van der Waals surface area contributed by atoms with Gasteiger partial charge >= 0.3 is 0 Å². The maximum Gasteiger partial charge on any atom is 0.193 e. The molecule has 2 rings (SSSR count). The van der Waals surface area contributed by atoms with Gasteiger partial charge in [0.15, 0.2) is 7.57 Å². The summed E-state index contributed by atoms with van der Waals surface area (Å²) in [4.78, 5) is 11.7. The quantitative estimate of drug-likeness (QED) is 0.628. The van der Waals surface area contributed by atoms with Crippen molar-refractivity contribution < 1.29 is 4.42 Å². The number of hydrogen-bond acceptors (Lipinski definition) is 2. The molecule has 78 valence electrons. The molecule has 0 aliphatic heterocycles. The maximum absolute atomic E-state index is 11.7. The van der Waals surface area contributed by atoms with E-state index in [9.17, 15) is 4.79 Å². The lowest BCUT2D eigenvalue weighted by Crippen LogP contribution is -2.06. The summed E-state index contributed by atoms with van der Waals surface area (Å²) in [6, 6.07) is 8.58. The summed E-state index contributed by atoms with van der Waals surface area (Å²) in [5, 5.41) is 0.581. The number of para-hydroxylation sites is 1. The van der Waals surface area contributed by atoms with Crippen molar-refractivity contribution in [3.8, 4) is 0 Å². The Morgan fingerprint density at radius 3 is 2.47 bits per heavy atom. The molecular weight excluding hydrogens is 392 g/mol. The first kappa shape index (κ1) is 11.4. The fourth-order valence-electron chi connectivity index (χ4n) is 1.24. The number of fused-ring (bicyclic) bond motifs is 1. The van der Waals surface area contributed by atoms with E-state index >= 15 is 0 Å². The first-order chi connectivity index (χ1) is 6.98. The molecule has 2 aromatic rings.